The van der Waals surface area contributed by atoms with E-state index in [9.17, 15) is 4.79 Å². The zero-order valence-corrected chi connectivity index (χ0v) is 14.6. The molecule has 0 fully saturated rings. The summed E-state index contributed by atoms with van der Waals surface area (Å²) in [5.41, 5.74) is 9.14. The predicted molar refractivity (Wildman–Crippen MR) is 96.7 cm³/mol. The number of hydrogen-bond acceptors (Lipinski definition) is 3. The van der Waals surface area contributed by atoms with Crippen molar-refractivity contribution in [2.75, 3.05) is 6.54 Å². The Morgan fingerprint density at radius 1 is 1.38 bits per heavy atom. The number of amides is 1. The molecule has 3 N–H and O–H groups in total. The Bertz CT molecular complexity index is 774. The number of ether oxygens (including phenoxy) is 1. The van der Waals surface area contributed by atoms with E-state index in [4.69, 9.17) is 22.1 Å². The van der Waals surface area contributed by atoms with Gasteiger partial charge in [0.1, 0.15) is 11.9 Å². The van der Waals surface area contributed by atoms with Crippen LogP contribution < -0.4 is 15.8 Å². The van der Waals surface area contributed by atoms with E-state index in [1.165, 1.54) is 0 Å². The van der Waals surface area contributed by atoms with E-state index in [1.54, 1.807) is 0 Å². The van der Waals surface area contributed by atoms with E-state index in [0.29, 0.717) is 22.9 Å². The molecule has 24 heavy (non-hydrogen) atoms. The van der Waals surface area contributed by atoms with Crippen LogP contribution in [0.3, 0.4) is 0 Å². The van der Waals surface area contributed by atoms with Gasteiger partial charge >= 0.3 is 0 Å². The van der Waals surface area contributed by atoms with E-state index in [-0.39, 0.29) is 18.1 Å². The number of benzene rings is 2. The zero-order valence-electron chi connectivity index (χ0n) is 13.8. The molecule has 0 unspecified atom stereocenters. The number of rotatable bonds is 4. The summed E-state index contributed by atoms with van der Waals surface area (Å²) in [4.78, 5) is 12.5. The van der Waals surface area contributed by atoms with Crippen LogP contribution in [0.4, 0.5) is 0 Å². The van der Waals surface area contributed by atoms with Crippen LogP contribution in [0.5, 0.6) is 5.75 Å². The summed E-state index contributed by atoms with van der Waals surface area (Å²) in [5.74, 6) is 0.619. The van der Waals surface area contributed by atoms with E-state index in [1.807, 2.05) is 50.2 Å². The lowest BCUT2D eigenvalue weighted by Crippen LogP contribution is -2.30. The van der Waals surface area contributed by atoms with Crippen LogP contribution in [0.2, 0.25) is 5.02 Å². The SMILES string of the molecule is CC(C)NC(=O)c1ccccc1-c1cc(Cl)c2c(c1)C[C@@H](CN)O2. The molecular formula is C19H21ClN2O2. The topological polar surface area (TPSA) is 64.4 Å². The summed E-state index contributed by atoms with van der Waals surface area (Å²) in [6, 6.07) is 11.5. The first-order valence-electron chi connectivity index (χ1n) is 8.09. The van der Waals surface area contributed by atoms with Crippen molar-refractivity contribution in [1.29, 1.82) is 0 Å². The number of fused-ring (bicyclic) bond motifs is 1. The normalized spacial score (nSPS) is 16.0. The fourth-order valence-electron chi connectivity index (χ4n) is 2.95. The first-order valence-corrected chi connectivity index (χ1v) is 8.46. The van der Waals surface area contributed by atoms with Crippen LogP contribution in [0.15, 0.2) is 36.4 Å². The Hall–Kier alpha value is -2.04. The molecule has 3 rings (SSSR count). The third-order valence-corrected chi connectivity index (χ3v) is 4.30. The van der Waals surface area contributed by atoms with Gasteiger partial charge in [0.15, 0.2) is 0 Å². The Labute approximate surface area is 147 Å². The number of carbonyl (C=O) groups excluding carboxylic acids is 1. The molecule has 0 bridgehead atoms. The summed E-state index contributed by atoms with van der Waals surface area (Å²) in [6.07, 6.45) is 0.701. The summed E-state index contributed by atoms with van der Waals surface area (Å²) < 4.78 is 5.77. The molecule has 1 atom stereocenters. The third kappa shape index (κ3) is 3.25. The lowest BCUT2D eigenvalue weighted by atomic mass is 9.96. The second kappa shape index (κ2) is 6.83. The summed E-state index contributed by atoms with van der Waals surface area (Å²) in [6.45, 7) is 4.34. The van der Waals surface area contributed by atoms with Crippen molar-refractivity contribution >= 4 is 17.5 Å². The Kier molecular flexibility index (Phi) is 4.78. The van der Waals surface area contributed by atoms with Gasteiger partial charge < -0.3 is 15.8 Å². The molecule has 2 aromatic carbocycles. The molecule has 1 aliphatic rings. The minimum atomic E-state index is -0.0895. The number of halogens is 1. The van der Waals surface area contributed by atoms with Gasteiger partial charge in [0, 0.05) is 30.1 Å². The summed E-state index contributed by atoms with van der Waals surface area (Å²) in [5, 5.41) is 3.49. The highest BCUT2D eigenvalue weighted by Gasteiger charge is 2.25. The molecule has 2 aromatic rings. The van der Waals surface area contributed by atoms with E-state index < -0.39 is 0 Å². The highest BCUT2D eigenvalue weighted by atomic mass is 35.5. The Morgan fingerprint density at radius 3 is 2.83 bits per heavy atom. The molecule has 5 heteroatoms. The lowest BCUT2D eigenvalue weighted by Gasteiger charge is -2.13. The highest BCUT2D eigenvalue weighted by Crippen LogP contribution is 2.40. The molecule has 4 nitrogen and oxygen atoms in total. The fraction of sp³-hybridized carbons (Fsp3) is 0.316. The summed E-state index contributed by atoms with van der Waals surface area (Å²) >= 11 is 6.40. The zero-order chi connectivity index (χ0) is 17.3. The standard InChI is InChI=1S/C19H21ClN2O2/c1-11(2)22-19(23)16-6-4-3-5-15(16)12-7-13-8-14(10-21)24-18(13)17(20)9-12/h3-7,9,11,14H,8,10,21H2,1-2H3,(H,22,23)/t14-/m0/s1. The van der Waals surface area contributed by atoms with Gasteiger partial charge in [0.25, 0.3) is 5.91 Å². The van der Waals surface area contributed by atoms with Crippen LogP contribution in [0.1, 0.15) is 29.8 Å². The molecule has 0 spiro atoms. The molecule has 1 aliphatic heterocycles. The van der Waals surface area contributed by atoms with Crippen LogP contribution in [-0.4, -0.2) is 24.6 Å². The van der Waals surface area contributed by atoms with Crippen molar-refractivity contribution in [3.63, 3.8) is 0 Å². The van der Waals surface area contributed by atoms with Gasteiger partial charge in [-0.25, -0.2) is 0 Å². The van der Waals surface area contributed by atoms with Gasteiger partial charge in [0.2, 0.25) is 0 Å². The van der Waals surface area contributed by atoms with Gasteiger partial charge in [-0.2, -0.15) is 0 Å². The van der Waals surface area contributed by atoms with Crippen molar-refractivity contribution < 1.29 is 9.53 Å². The first-order chi connectivity index (χ1) is 11.5. The quantitative estimate of drug-likeness (QED) is 0.893. The third-order valence-electron chi connectivity index (χ3n) is 4.02. The fourth-order valence-corrected chi connectivity index (χ4v) is 3.23. The molecule has 0 radical (unpaired) electrons. The molecule has 126 valence electrons. The minimum Gasteiger partial charge on any atom is -0.487 e. The maximum atomic E-state index is 12.5. The number of nitrogens with two attached hydrogens (primary N) is 1. The molecule has 0 saturated carbocycles. The number of nitrogens with one attached hydrogen (secondary N) is 1. The van der Waals surface area contributed by atoms with Crippen LogP contribution in [-0.2, 0) is 6.42 Å². The molecule has 0 saturated heterocycles. The van der Waals surface area contributed by atoms with Gasteiger partial charge in [-0.1, -0.05) is 29.8 Å². The molecular weight excluding hydrogens is 324 g/mol. The molecule has 1 heterocycles. The predicted octanol–water partition coefficient (Wildman–Crippen LogP) is 3.41. The minimum absolute atomic E-state index is 0.0350. The van der Waals surface area contributed by atoms with Crippen molar-refractivity contribution in [2.24, 2.45) is 5.73 Å². The summed E-state index contributed by atoms with van der Waals surface area (Å²) in [7, 11) is 0. The van der Waals surface area contributed by atoms with Gasteiger partial charge in [-0.15, -0.1) is 0 Å². The first kappa shape index (κ1) is 16.8. The number of hydrogen-bond donors (Lipinski definition) is 2. The van der Waals surface area contributed by atoms with Crippen LogP contribution in [0.25, 0.3) is 11.1 Å². The van der Waals surface area contributed by atoms with Crippen LogP contribution >= 0.6 is 11.6 Å². The second-order valence-corrected chi connectivity index (χ2v) is 6.71. The largest absolute Gasteiger partial charge is 0.487 e. The van der Waals surface area contributed by atoms with Gasteiger partial charge in [-0.3, -0.25) is 4.79 Å². The highest BCUT2D eigenvalue weighted by molar-refractivity contribution is 6.32. The maximum absolute atomic E-state index is 12.5. The van der Waals surface area contributed by atoms with Crippen molar-refractivity contribution in [1.82, 2.24) is 5.32 Å². The Balaban J connectivity index is 2.02. The molecule has 0 aromatic heterocycles. The van der Waals surface area contributed by atoms with Crippen molar-refractivity contribution in [3.8, 4) is 16.9 Å². The maximum Gasteiger partial charge on any atom is 0.252 e. The monoisotopic (exact) mass is 344 g/mol. The Morgan fingerprint density at radius 2 is 2.12 bits per heavy atom. The lowest BCUT2D eigenvalue weighted by molar-refractivity contribution is 0.0944. The average molecular weight is 345 g/mol. The second-order valence-electron chi connectivity index (χ2n) is 6.30. The van der Waals surface area contributed by atoms with E-state index in [2.05, 4.69) is 5.32 Å². The van der Waals surface area contributed by atoms with Gasteiger partial charge in [0.05, 0.1) is 5.02 Å². The van der Waals surface area contributed by atoms with E-state index in [0.717, 1.165) is 23.1 Å². The molecule has 0 aliphatic carbocycles. The van der Waals surface area contributed by atoms with Crippen LogP contribution in [0, 0.1) is 0 Å². The molecule has 1 amide bonds. The smallest absolute Gasteiger partial charge is 0.252 e. The van der Waals surface area contributed by atoms with E-state index >= 15 is 0 Å². The van der Waals surface area contributed by atoms with Crippen molar-refractivity contribution in [2.45, 2.75) is 32.4 Å². The average Bonchev–Trinajstić information content (AvgIpc) is 2.98. The number of carbonyl (C=O) groups is 1. The van der Waals surface area contributed by atoms with Gasteiger partial charge in [-0.05, 0) is 43.2 Å². The van der Waals surface area contributed by atoms with Crippen molar-refractivity contribution in [3.05, 3.63) is 52.5 Å².